The SMILES string of the molecule is Cc1ccc(C(O)C(C)C2CCCCCN2)cc1. The second-order valence-electron chi connectivity index (χ2n) is 5.62. The van der Waals surface area contributed by atoms with Crippen LogP contribution in [0, 0.1) is 12.8 Å². The van der Waals surface area contributed by atoms with Gasteiger partial charge in [-0.05, 0) is 31.9 Å². The van der Waals surface area contributed by atoms with Crippen LogP contribution in [0.1, 0.15) is 49.8 Å². The molecular formula is C16H25NO. The first-order valence-electron chi connectivity index (χ1n) is 7.16. The van der Waals surface area contributed by atoms with E-state index in [2.05, 4.69) is 31.3 Å². The maximum atomic E-state index is 10.5. The molecule has 1 aromatic rings. The summed E-state index contributed by atoms with van der Waals surface area (Å²) < 4.78 is 0. The lowest BCUT2D eigenvalue weighted by molar-refractivity contribution is 0.0927. The Bertz CT molecular complexity index is 352. The minimum Gasteiger partial charge on any atom is -0.388 e. The van der Waals surface area contributed by atoms with Crippen molar-refractivity contribution in [2.45, 2.75) is 51.7 Å². The summed E-state index contributed by atoms with van der Waals surface area (Å²) >= 11 is 0. The molecule has 0 saturated carbocycles. The lowest BCUT2D eigenvalue weighted by Crippen LogP contribution is -2.37. The average Bonchev–Trinajstić information content (AvgIpc) is 2.67. The molecule has 2 heteroatoms. The first kappa shape index (κ1) is 13.6. The van der Waals surface area contributed by atoms with Crippen LogP contribution in [-0.2, 0) is 0 Å². The largest absolute Gasteiger partial charge is 0.388 e. The molecule has 0 amide bonds. The van der Waals surface area contributed by atoms with Crippen molar-refractivity contribution in [2.75, 3.05) is 6.54 Å². The number of benzene rings is 1. The van der Waals surface area contributed by atoms with Gasteiger partial charge in [-0.3, -0.25) is 0 Å². The normalized spacial score (nSPS) is 24.3. The molecule has 2 rings (SSSR count). The van der Waals surface area contributed by atoms with Crippen LogP contribution < -0.4 is 5.32 Å². The Morgan fingerprint density at radius 1 is 1.17 bits per heavy atom. The highest BCUT2D eigenvalue weighted by Crippen LogP contribution is 2.27. The second kappa shape index (κ2) is 6.35. The molecule has 1 fully saturated rings. The van der Waals surface area contributed by atoms with Crippen LogP contribution in [0.3, 0.4) is 0 Å². The van der Waals surface area contributed by atoms with Crippen LogP contribution in [-0.4, -0.2) is 17.7 Å². The van der Waals surface area contributed by atoms with Gasteiger partial charge in [-0.15, -0.1) is 0 Å². The molecule has 0 aromatic heterocycles. The van der Waals surface area contributed by atoms with Crippen LogP contribution in [0.2, 0.25) is 0 Å². The Hall–Kier alpha value is -0.860. The number of hydrogen-bond donors (Lipinski definition) is 2. The van der Waals surface area contributed by atoms with Gasteiger partial charge in [0.05, 0.1) is 6.10 Å². The molecule has 0 radical (unpaired) electrons. The third-order valence-corrected chi connectivity index (χ3v) is 4.15. The van der Waals surface area contributed by atoms with E-state index in [1.807, 2.05) is 12.1 Å². The maximum Gasteiger partial charge on any atom is 0.0830 e. The molecule has 100 valence electrons. The minimum atomic E-state index is -0.360. The number of rotatable bonds is 3. The van der Waals surface area contributed by atoms with E-state index < -0.39 is 0 Å². The number of aryl methyl sites for hydroxylation is 1. The summed E-state index contributed by atoms with van der Waals surface area (Å²) in [6, 6.07) is 8.70. The van der Waals surface area contributed by atoms with Crippen LogP contribution in [0.4, 0.5) is 0 Å². The van der Waals surface area contributed by atoms with Gasteiger partial charge in [-0.1, -0.05) is 49.6 Å². The summed E-state index contributed by atoms with van der Waals surface area (Å²) in [7, 11) is 0. The van der Waals surface area contributed by atoms with Crippen LogP contribution in [0.25, 0.3) is 0 Å². The van der Waals surface area contributed by atoms with Gasteiger partial charge in [0.25, 0.3) is 0 Å². The Morgan fingerprint density at radius 3 is 2.61 bits per heavy atom. The molecule has 1 aliphatic rings. The smallest absolute Gasteiger partial charge is 0.0830 e. The zero-order valence-electron chi connectivity index (χ0n) is 11.5. The number of hydrogen-bond acceptors (Lipinski definition) is 2. The number of nitrogens with one attached hydrogen (secondary N) is 1. The summed E-state index contributed by atoms with van der Waals surface area (Å²) in [5.74, 6) is 0.269. The average molecular weight is 247 g/mol. The van der Waals surface area contributed by atoms with Crippen molar-refractivity contribution in [2.24, 2.45) is 5.92 Å². The Morgan fingerprint density at radius 2 is 1.89 bits per heavy atom. The van der Waals surface area contributed by atoms with E-state index >= 15 is 0 Å². The van der Waals surface area contributed by atoms with Gasteiger partial charge in [0, 0.05) is 12.0 Å². The standard InChI is InChI=1S/C16H25NO/c1-12-7-9-14(10-8-12)16(18)13(2)15-6-4-3-5-11-17-15/h7-10,13,15-18H,3-6,11H2,1-2H3. The van der Waals surface area contributed by atoms with Gasteiger partial charge in [-0.2, -0.15) is 0 Å². The van der Waals surface area contributed by atoms with Gasteiger partial charge in [0.2, 0.25) is 0 Å². The summed E-state index contributed by atoms with van der Waals surface area (Å²) in [5.41, 5.74) is 2.28. The molecular weight excluding hydrogens is 222 g/mol. The lowest BCUT2D eigenvalue weighted by atomic mass is 9.88. The van der Waals surface area contributed by atoms with Gasteiger partial charge in [0.15, 0.2) is 0 Å². The Kier molecular flexibility index (Phi) is 4.79. The quantitative estimate of drug-likeness (QED) is 0.859. The van der Waals surface area contributed by atoms with E-state index in [1.54, 1.807) is 0 Å². The van der Waals surface area contributed by atoms with Gasteiger partial charge in [0.1, 0.15) is 0 Å². The minimum absolute atomic E-state index is 0.269. The van der Waals surface area contributed by atoms with Crippen LogP contribution >= 0.6 is 0 Å². The highest BCUT2D eigenvalue weighted by Gasteiger charge is 2.25. The van der Waals surface area contributed by atoms with E-state index in [1.165, 1.54) is 31.2 Å². The van der Waals surface area contributed by atoms with Crippen molar-refractivity contribution in [3.05, 3.63) is 35.4 Å². The van der Waals surface area contributed by atoms with Crippen molar-refractivity contribution >= 4 is 0 Å². The molecule has 0 spiro atoms. The zero-order valence-corrected chi connectivity index (χ0v) is 11.5. The molecule has 18 heavy (non-hydrogen) atoms. The fourth-order valence-corrected chi connectivity index (χ4v) is 2.79. The summed E-state index contributed by atoms with van der Waals surface area (Å²) in [6.45, 7) is 5.33. The van der Waals surface area contributed by atoms with Crippen molar-refractivity contribution in [3.63, 3.8) is 0 Å². The first-order valence-corrected chi connectivity index (χ1v) is 7.16. The maximum absolute atomic E-state index is 10.5. The summed E-state index contributed by atoms with van der Waals surface area (Å²) in [4.78, 5) is 0. The van der Waals surface area contributed by atoms with Crippen molar-refractivity contribution < 1.29 is 5.11 Å². The van der Waals surface area contributed by atoms with Crippen molar-refractivity contribution in [3.8, 4) is 0 Å². The second-order valence-corrected chi connectivity index (χ2v) is 5.62. The van der Waals surface area contributed by atoms with Crippen LogP contribution in [0.15, 0.2) is 24.3 Å². The highest BCUT2D eigenvalue weighted by molar-refractivity contribution is 5.23. The number of aliphatic hydroxyl groups is 1. The molecule has 1 heterocycles. The van der Waals surface area contributed by atoms with Crippen molar-refractivity contribution in [1.29, 1.82) is 0 Å². The van der Waals surface area contributed by atoms with Gasteiger partial charge >= 0.3 is 0 Å². The fraction of sp³-hybridized carbons (Fsp3) is 0.625. The Labute approximate surface area is 110 Å². The van der Waals surface area contributed by atoms with Crippen LogP contribution in [0.5, 0.6) is 0 Å². The third-order valence-electron chi connectivity index (χ3n) is 4.15. The van der Waals surface area contributed by atoms with Gasteiger partial charge in [-0.25, -0.2) is 0 Å². The molecule has 0 bridgehead atoms. The Balaban J connectivity index is 2.02. The van der Waals surface area contributed by atoms with E-state index in [0.29, 0.717) is 6.04 Å². The monoisotopic (exact) mass is 247 g/mol. The van der Waals surface area contributed by atoms with E-state index in [4.69, 9.17) is 0 Å². The summed E-state index contributed by atoms with van der Waals surface area (Å²) in [5, 5.41) is 14.1. The lowest BCUT2D eigenvalue weighted by Gasteiger charge is -2.28. The highest BCUT2D eigenvalue weighted by atomic mass is 16.3. The molecule has 0 aliphatic carbocycles. The van der Waals surface area contributed by atoms with E-state index in [9.17, 15) is 5.11 Å². The van der Waals surface area contributed by atoms with Gasteiger partial charge < -0.3 is 10.4 Å². The molecule has 2 nitrogen and oxygen atoms in total. The predicted octanol–water partition coefficient (Wildman–Crippen LogP) is 3.20. The van der Waals surface area contributed by atoms with E-state index in [0.717, 1.165) is 12.1 Å². The first-order chi connectivity index (χ1) is 8.68. The molecule has 1 saturated heterocycles. The molecule has 1 aliphatic heterocycles. The van der Waals surface area contributed by atoms with E-state index in [-0.39, 0.29) is 12.0 Å². The predicted molar refractivity (Wildman–Crippen MR) is 75.6 cm³/mol. The topological polar surface area (TPSA) is 32.3 Å². The fourth-order valence-electron chi connectivity index (χ4n) is 2.79. The zero-order chi connectivity index (χ0) is 13.0. The molecule has 3 atom stereocenters. The third kappa shape index (κ3) is 3.33. The molecule has 1 aromatic carbocycles. The molecule has 2 N–H and O–H groups in total. The summed E-state index contributed by atoms with van der Waals surface area (Å²) in [6.07, 6.45) is 4.69. The van der Waals surface area contributed by atoms with Crippen molar-refractivity contribution in [1.82, 2.24) is 5.32 Å². The molecule has 3 unspecified atom stereocenters. The number of aliphatic hydroxyl groups excluding tert-OH is 1.